The van der Waals surface area contributed by atoms with Crippen molar-refractivity contribution in [3.05, 3.63) is 34.5 Å². The maximum Gasteiger partial charge on any atom is 0.343 e. The highest BCUT2D eigenvalue weighted by Crippen LogP contribution is 2.19. The third kappa shape index (κ3) is 2.92. The monoisotopic (exact) mass is 265 g/mol. The van der Waals surface area contributed by atoms with Crippen molar-refractivity contribution in [2.24, 2.45) is 7.05 Å². The molecule has 0 radical (unpaired) electrons. The van der Waals surface area contributed by atoms with E-state index in [0.29, 0.717) is 10.9 Å². The highest BCUT2D eigenvalue weighted by atomic mass is 32.2. The Balaban J connectivity index is 2.04. The summed E-state index contributed by atoms with van der Waals surface area (Å²) in [5, 5.41) is 10.2. The van der Waals surface area contributed by atoms with Crippen LogP contribution in [0.4, 0.5) is 5.69 Å². The molecule has 0 aromatic carbocycles. The summed E-state index contributed by atoms with van der Waals surface area (Å²) in [5.74, 6) is 0.678. The van der Waals surface area contributed by atoms with Crippen molar-refractivity contribution >= 4 is 17.4 Å². The van der Waals surface area contributed by atoms with Gasteiger partial charge in [-0.25, -0.2) is 9.89 Å². The summed E-state index contributed by atoms with van der Waals surface area (Å²) in [4.78, 5) is 15.5. The largest absolute Gasteiger partial charge is 0.385 e. The van der Waals surface area contributed by atoms with Crippen LogP contribution in [0.3, 0.4) is 0 Å². The van der Waals surface area contributed by atoms with Gasteiger partial charge in [-0.3, -0.25) is 9.55 Å². The van der Waals surface area contributed by atoms with E-state index in [1.165, 1.54) is 16.3 Å². The Labute approximate surface area is 109 Å². The number of hydrogen-bond acceptors (Lipinski definition) is 5. The van der Waals surface area contributed by atoms with Crippen LogP contribution in [0.25, 0.3) is 0 Å². The lowest BCUT2D eigenvalue weighted by Gasteiger charge is -2.05. The molecular formula is C11H15N5OS. The fraction of sp³-hybridized carbons (Fsp3) is 0.364. The van der Waals surface area contributed by atoms with Crippen LogP contribution in [-0.2, 0) is 12.8 Å². The minimum Gasteiger partial charge on any atom is -0.385 e. The fourth-order valence-electron chi connectivity index (χ4n) is 1.47. The van der Waals surface area contributed by atoms with Gasteiger partial charge in [0.05, 0.1) is 5.69 Å². The normalized spacial score (nSPS) is 10.6. The Kier molecular flexibility index (Phi) is 4.03. The minimum absolute atomic E-state index is 0.202. The van der Waals surface area contributed by atoms with Crippen LogP contribution in [0.5, 0.6) is 0 Å². The summed E-state index contributed by atoms with van der Waals surface area (Å²) < 4.78 is 1.48. The van der Waals surface area contributed by atoms with E-state index in [4.69, 9.17) is 0 Å². The van der Waals surface area contributed by atoms with Crippen molar-refractivity contribution in [1.29, 1.82) is 0 Å². The van der Waals surface area contributed by atoms with Crippen LogP contribution < -0.4 is 11.0 Å². The van der Waals surface area contributed by atoms with Gasteiger partial charge in [-0.15, -0.1) is 5.10 Å². The molecule has 0 spiro atoms. The Morgan fingerprint density at radius 2 is 2.39 bits per heavy atom. The SMILES string of the molecule is CCNc1ccnc(CSc2n[nH]c(=O)n2C)c1. The molecule has 18 heavy (non-hydrogen) atoms. The number of aromatic nitrogens is 4. The summed E-state index contributed by atoms with van der Waals surface area (Å²) in [6.45, 7) is 2.93. The number of thioether (sulfide) groups is 1. The van der Waals surface area contributed by atoms with E-state index in [9.17, 15) is 4.79 Å². The summed E-state index contributed by atoms with van der Waals surface area (Å²) in [6, 6.07) is 3.93. The first-order valence-electron chi connectivity index (χ1n) is 5.63. The lowest BCUT2D eigenvalue weighted by atomic mass is 10.3. The second kappa shape index (κ2) is 5.72. The van der Waals surface area contributed by atoms with E-state index in [1.807, 2.05) is 19.1 Å². The molecule has 7 heteroatoms. The molecule has 0 atom stereocenters. The lowest BCUT2D eigenvalue weighted by Crippen LogP contribution is -2.12. The maximum absolute atomic E-state index is 11.2. The minimum atomic E-state index is -0.202. The number of nitrogens with one attached hydrogen (secondary N) is 2. The van der Waals surface area contributed by atoms with Gasteiger partial charge < -0.3 is 5.32 Å². The second-order valence-electron chi connectivity index (χ2n) is 3.73. The standard InChI is InChI=1S/C11H15N5OS/c1-3-12-8-4-5-13-9(6-8)7-18-11-15-14-10(17)16(11)2/h4-6H,3,7H2,1-2H3,(H,12,13)(H,14,17). The molecule has 2 aromatic rings. The molecule has 0 fully saturated rings. The average molecular weight is 265 g/mol. The molecule has 0 bridgehead atoms. The third-order valence-corrected chi connectivity index (χ3v) is 3.45. The van der Waals surface area contributed by atoms with Gasteiger partial charge in [-0.2, -0.15) is 0 Å². The molecule has 2 aromatic heterocycles. The topological polar surface area (TPSA) is 75.6 Å². The van der Waals surface area contributed by atoms with Crippen LogP contribution >= 0.6 is 11.8 Å². The molecule has 96 valence electrons. The Morgan fingerprint density at radius 1 is 1.56 bits per heavy atom. The highest BCUT2D eigenvalue weighted by Gasteiger charge is 2.05. The van der Waals surface area contributed by atoms with Gasteiger partial charge in [-0.1, -0.05) is 11.8 Å². The number of aromatic amines is 1. The Bertz CT molecular complexity index is 577. The van der Waals surface area contributed by atoms with Crippen molar-refractivity contribution in [1.82, 2.24) is 19.7 Å². The van der Waals surface area contributed by atoms with Crippen molar-refractivity contribution in [3.8, 4) is 0 Å². The smallest absolute Gasteiger partial charge is 0.343 e. The molecule has 0 saturated heterocycles. The van der Waals surface area contributed by atoms with Gasteiger partial charge >= 0.3 is 5.69 Å². The fourth-order valence-corrected chi connectivity index (χ4v) is 2.29. The zero-order valence-electron chi connectivity index (χ0n) is 10.3. The van der Waals surface area contributed by atoms with Crippen molar-refractivity contribution in [3.63, 3.8) is 0 Å². The van der Waals surface area contributed by atoms with Gasteiger partial charge in [0.2, 0.25) is 0 Å². The van der Waals surface area contributed by atoms with Gasteiger partial charge in [-0.05, 0) is 19.1 Å². The Hall–Kier alpha value is -1.76. The maximum atomic E-state index is 11.2. The van der Waals surface area contributed by atoms with Gasteiger partial charge in [0.25, 0.3) is 0 Å². The molecular weight excluding hydrogens is 250 g/mol. The van der Waals surface area contributed by atoms with Crippen LogP contribution in [-0.4, -0.2) is 26.3 Å². The van der Waals surface area contributed by atoms with E-state index in [-0.39, 0.29) is 5.69 Å². The molecule has 0 unspecified atom stereocenters. The number of anilines is 1. The van der Waals surface area contributed by atoms with Crippen LogP contribution in [0.2, 0.25) is 0 Å². The predicted molar refractivity (Wildman–Crippen MR) is 71.8 cm³/mol. The lowest BCUT2D eigenvalue weighted by molar-refractivity contribution is 0.765. The number of nitrogens with zero attached hydrogens (tertiary/aromatic N) is 3. The Morgan fingerprint density at radius 3 is 3.06 bits per heavy atom. The first kappa shape index (κ1) is 12.7. The van der Waals surface area contributed by atoms with Crippen LogP contribution in [0.15, 0.2) is 28.3 Å². The second-order valence-corrected chi connectivity index (χ2v) is 4.67. The zero-order valence-corrected chi connectivity index (χ0v) is 11.1. The first-order chi connectivity index (χ1) is 8.70. The summed E-state index contributed by atoms with van der Waals surface area (Å²) in [6.07, 6.45) is 1.78. The van der Waals surface area contributed by atoms with E-state index < -0.39 is 0 Å². The van der Waals surface area contributed by atoms with E-state index in [0.717, 1.165) is 17.9 Å². The number of pyridine rings is 1. The van der Waals surface area contributed by atoms with Crippen molar-refractivity contribution < 1.29 is 0 Å². The van der Waals surface area contributed by atoms with Crippen LogP contribution in [0.1, 0.15) is 12.6 Å². The zero-order chi connectivity index (χ0) is 13.0. The number of rotatable bonds is 5. The summed E-state index contributed by atoms with van der Waals surface area (Å²) in [7, 11) is 1.69. The highest BCUT2D eigenvalue weighted by molar-refractivity contribution is 7.98. The van der Waals surface area contributed by atoms with Gasteiger partial charge in [0.1, 0.15) is 0 Å². The van der Waals surface area contributed by atoms with Gasteiger partial charge in [0.15, 0.2) is 5.16 Å². The molecule has 0 aliphatic carbocycles. The first-order valence-corrected chi connectivity index (χ1v) is 6.62. The molecule has 6 nitrogen and oxygen atoms in total. The number of H-pyrrole nitrogens is 1. The molecule has 0 saturated carbocycles. The molecule has 0 amide bonds. The third-order valence-electron chi connectivity index (χ3n) is 2.39. The van der Waals surface area contributed by atoms with Gasteiger partial charge in [0, 0.05) is 31.2 Å². The van der Waals surface area contributed by atoms with Crippen LogP contribution in [0, 0.1) is 0 Å². The molecule has 0 aliphatic rings. The molecule has 2 rings (SSSR count). The number of hydrogen-bond donors (Lipinski definition) is 2. The summed E-state index contributed by atoms with van der Waals surface area (Å²) >= 11 is 1.48. The predicted octanol–water partition coefficient (Wildman–Crippen LogP) is 1.23. The van der Waals surface area contributed by atoms with Crippen molar-refractivity contribution in [2.75, 3.05) is 11.9 Å². The van der Waals surface area contributed by atoms with Crippen molar-refractivity contribution in [2.45, 2.75) is 17.8 Å². The molecule has 2 heterocycles. The molecule has 2 N–H and O–H groups in total. The summed E-state index contributed by atoms with van der Waals surface area (Å²) in [5.41, 5.74) is 1.81. The van der Waals surface area contributed by atoms with E-state index >= 15 is 0 Å². The average Bonchev–Trinajstić information content (AvgIpc) is 2.69. The van der Waals surface area contributed by atoms with E-state index in [2.05, 4.69) is 20.5 Å². The molecule has 0 aliphatic heterocycles. The van der Waals surface area contributed by atoms with E-state index in [1.54, 1.807) is 13.2 Å². The quantitative estimate of drug-likeness (QED) is 0.795.